The van der Waals surface area contributed by atoms with Crippen molar-refractivity contribution in [3.05, 3.63) is 23.9 Å². The Balaban J connectivity index is 0.00000242. The van der Waals surface area contributed by atoms with Gasteiger partial charge in [0, 0.05) is 30.0 Å². The molecular formula is C13H17ClF3N3OS. The minimum Gasteiger partial charge on any atom is -0.349 e. The van der Waals surface area contributed by atoms with Crippen molar-refractivity contribution in [1.29, 1.82) is 0 Å². The highest BCUT2D eigenvalue weighted by atomic mass is 35.5. The molecule has 0 saturated carbocycles. The van der Waals surface area contributed by atoms with Gasteiger partial charge < -0.3 is 10.6 Å². The Morgan fingerprint density at radius 1 is 1.50 bits per heavy atom. The monoisotopic (exact) mass is 355 g/mol. The molecule has 0 radical (unpaired) electrons. The van der Waals surface area contributed by atoms with Crippen LogP contribution in [0.5, 0.6) is 0 Å². The maximum Gasteiger partial charge on any atom is 0.447 e. The van der Waals surface area contributed by atoms with Gasteiger partial charge in [0.2, 0.25) is 0 Å². The minimum atomic E-state index is -4.47. The number of halogens is 4. The fourth-order valence-electron chi connectivity index (χ4n) is 2.28. The van der Waals surface area contributed by atoms with Gasteiger partial charge in [-0.1, -0.05) is 0 Å². The van der Waals surface area contributed by atoms with Gasteiger partial charge in [-0.05, 0) is 38.4 Å². The quantitative estimate of drug-likeness (QED) is 0.818. The Morgan fingerprint density at radius 3 is 2.86 bits per heavy atom. The molecule has 0 aromatic carbocycles. The molecule has 2 unspecified atom stereocenters. The first-order chi connectivity index (χ1) is 9.85. The van der Waals surface area contributed by atoms with E-state index >= 15 is 0 Å². The minimum absolute atomic E-state index is 0. The molecule has 0 bridgehead atoms. The molecular weight excluding hydrogens is 339 g/mol. The number of hydrogen-bond acceptors (Lipinski definition) is 4. The Morgan fingerprint density at radius 2 is 2.23 bits per heavy atom. The third-order valence-electron chi connectivity index (χ3n) is 3.19. The second-order valence-electron chi connectivity index (χ2n) is 4.95. The molecule has 22 heavy (non-hydrogen) atoms. The summed E-state index contributed by atoms with van der Waals surface area (Å²) >= 11 is -0.366. The number of aromatic nitrogens is 1. The van der Waals surface area contributed by atoms with Crippen LogP contribution in [0.2, 0.25) is 0 Å². The van der Waals surface area contributed by atoms with Crippen LogP contribution < -0.4 is 10.6 Å². The Labute approximate surface area is 137 Å². The van der Waals surface area contributed by atoms with E-state index in [4.69, 9.17) is 0 Å². The first-order valence-corrected chi connectivity index (χ1v) is 7.42. The molecule has 2 heterocycles. The largest absolute Gasteiger partial charge is 0.447 e. The number of pyridine rings is 1. The molecule has 1 aromatic rings. The summed E-state index contributed by atoms with van der Waals surface area (Å²) in [6.07, 6.45) is 2.77. The topological polar surface area (TPSA) is 54.0 Å². The summed E-state index contributed by atoms with van der Waals surface area (Å²) in [5.74, 6) is -0.506. The van der Waals surface area contributed by atoms with Crippen LogP contribution in [0.15, 0.2) is 23.4 Å². The van der Waals surface area contributed by atoms with Crippen molar-refractivity contribution in [2.24, 2.45) is 0 Å². The normalized spacial score (nSPS) is 21.8. The molecule has 1 aliphatic rings. The van der Waals surface area contributed by atoms with Gasteiger partial charge >= 0.3 is 5.51 Å². The molecule has 1 saturated heterocycles. The van der Waals surface area contributed by atoms with Crippen LogP contribution in [-0.2, 0) is 0 Å². The van der Waals surface area contributed by atoms with Gasteiger partial charge in [0.1, 0.15) is 5.03 Å². The Hall–Kier alpha value is -0.990. The molecule has 4 nitrogen and oxygen atoms in total. The lowest BCUT2D eigenvalue weighted by molar-refractivity contribution is -0.0329. The van der Waals surface area contributed by atoms with E-state index in [9.17, 15) is 18.0 Å². The summed E-state index contributed by atoms with van der Waals surface area (Å²) in [6, 6.07) is 3.07. The van der Waals surface area contributed by atoms with Gasteiger partial charge in [0.15, 0.2) is 0 Å². The number of carbonyl (C=O) groups is 1. The molecule has 0 spiro atoms. The van der Waals surface area contributed by atoms with Gasteiger partial charge in [-0.25, -0.2) is 4.98 Å². The second-order valence-corrected chi connectivity index (χ2v) is 6.01. The van der Waals surface area contributed by atoms with Crippen LogP contribution in [0.25, 0.3) is 0 Å². The van der Waals surface area contributed by atoms with Crippen LogP contribution >= 0.6 is 24.2 Å². The highest BCUT2D eigenvalue weighted by molar-refractivity contribution is 8.00. The first-order valence-electron chi connectivity index (χ1n) is 6.60. The van der Waals surface area contributed by atoms with Gasteiger partial charge in [-0.3, -0.25) is 4.79 Å². The number of carbonyl (C=O) groups excluding carboxylic acids is 1. The van der Waals surface area contributed by atoms with Crippen molar-refractivity contribution in [3.8, 4) is 0 Å². The molecule has 1 aromatic heterocycles. The van der Waals surface area contributed by atoms with Gasteiger partial charge in [0.05, 0.1) is 5.56 Å². The Bertz CT molecular complexity index is 516. The van der Waals surface area contributed by atoms with E-state index < -0.39 is 11.4 Å². The van der Waals surface area contributed by atoms with Gasteiger partial charge in [0.25, 0.3) is 5.91 Å². The molecule has 9 heteroatoms. The lowest BCUT2D eigenvalue weighted by Crippen LogP contribution is -2.46. The molecule has 124 valence electrons. The number of piperidine rings is 1. The molecule has 1 fully saturated rings. The van der Waals surface area contributed by atoms with Crippen LogP contribution in [0.3, 0.4) is 0 Å². The van der Waals surface area contributed by atoms with E-state index in [1.807, 2.05) is 6.92 Å². The fraction of sp³-hybridized carbons (Fsp3) is 0.538. The molecule has 2 atom stereocenters. The molecule has 2 N–H and O–H groups in total. The number of hydrogen-bond donors (Lipinski definition) is 2. The van der Waals surface area contributed by atoms with E-state index in [-0.39, 0.29) is 46.8 Å². The van der Waals surface area contributed by atoms with Crippen molar-refractivity contribution >= 4 is 30.1 Å². The van der Waals surface area contributed by atoms with E-state index in [1.54, 1.807) is 0 Å². The standard InChI is InChI=1S/C13H16F3N3OS.ClH/c1-8-7-9(4-6-17-8)19-11(20)10-3-2-5-18-12(10)21-13(14,15)16;/h2-3,5,8-9,17H,4,6-7H2,1H3,(H,19,20);1H. The maximum atomic E-state index is 12.5. The van der Waals surface area contributed by atoms with Crippen LogP contribution in [0, 0.1) is 0 Å². The summed E-state index contributed by atoms with van der Waals surface area (Å²) < 4.78 is 37.4. The van der Waals surface area contributed by atoms with Crippen LogP contribution in [0.4, 0.5) is 13.2 Å². The zero-order valence-corrected chi connectivity index (χ0v) is 13.4. The molecule has 2 rings (SSSR count). The smallest absolute Gasteiger partial charge is 0.349 e. The summed E-state index contributed by atoms with van der Waals surface area (Å²) in [7, 11) is 0. The number of nitrogens with zero attached hydrogens (tertiary/aromatic N) is 1. The lowest BCUT2D eigenvalue weighted by Gasteiger charge is -2.28. The number of rotatable bonds is 3. The summed E-state index contributed by atoms with van der Waals surface area (Å²) in [6.45, 7) is 2.79. The maximum absolute atomic E-state index is 12.5. The van der Waals surface area contributed by atoms with E-state index in [0.717, 1.165) is 19.4 Å². The highest BCUT2D eigenvalue weighted by Gasteiger charge is 2.32. The summed E-state index contributed by atoms with van der Waals surface area (Å²) in [5, 5.41) is 5.73. The summed E-state index contributed by atoms with van der Waals surface area (Å²) in [4.78, 5) is 15.8. The lowest BCUT2D eigenvalue weighted by atomic mass is 10.0. The fourth-order valence-corrected chi connectivity index (χ4v) is 2.88. The predicted octanol–water partition coefficient (Wildman–Crippen LogP) is 2.99. The average Bonchev–Trinajstić information content (AvgIpc) is 2.37. The zero-order valence-electron chi connectivity index (χ0n) is 11.8. The third kappa shape index (κ3) is 5.66. The summed E-state index contributed by atoms with van der Waals surface area (Å²) in [5.41, 5.74) is -4.50. The van der Waals surface area contributed by atoms with Crippen molar-refractivity contribution < 1.29 is 18.0 Å². The van der Waals surface area contributed by atoms with E-state index in [1.165, 1.54) is 18.3 Å². The highest BCUT2D eigenvalue weighted by Crippen LogP contribution is 2.37. The number of amides is 1. The van der Waals surface area contributed by atoms with Gasteiger partial charge in [-0.15, -0.1) is 12.4 Å². The van der Waals surface area contributed by atoms with Crippen LogP contribution in [0.1, 0.15) is 30.1 Å². The SMILES string of the molecule is CC1CC(NC(=O)c2cccnc2SC(F)(F)F)CCN1.Cl. The third-order valence-corrected chi connectivity index (χ3v) is 3.94. The van der Waals surface area contributed by atoms with E-state index in [2.05, 4.69) is 15.6 Å². The van der Waals surface area contributed by atoms with E-state index in [0.29, 0.717) is 0 Å². The number of alkyl halides is 3. The molecule has 1 amide bonds. The number of thioether (sulfide) groups is 1. The molecule has 0 aliphatic carbocycles. The van der Waals surface area contributed by atoms with Crippen LogP contribution in [-0.4, -0.2) is 35.0 Å². The Kier molecular flexibility index (Phi) is 6.96. The second kappa shape index (κ2) is 8.03. The van der Waals surface area contributed by atoms with Crippen molar-refractivity contribution in [1.82, 2.24) is 15.6 Å². The average molecular weight is 356 g/mol. The van der Waals surface area contributed by atoms with Crippen molar-refractivity contribution in [2.75, 3.05) is 6.54 Å². The number of nitrogens with one attached hydrogen (secondary N) is 2. The predicted molar refractivity (Wildman–Crippen MR) is 81.3 cm³/mol. The zero-order chi connectivity index (χ0) is 15.5. The van der Waals surface area contributed by atoms with Crippen molar-refractivity contribution in [2.45, 2.75) is 42.4 Å². The van der Waals surface area contributed by atoms with Crippen molar-refractivity contribution in [3.63, 3.8) is 0 Å². The van der Waals surface area contributed by atoms with Gasteiger partial charge in [-0.2, -0.15) is 13.2 Å². The molecule has 1 aliphatic heterocycles. The first kappa shape index (κ1) is 19.1.